The second-order valence-corrected chi connectivity index (χ2v) is 5.08. The zero-order valence-electron chi connectivity index (χ0n) is 9.68. The number of nitrogens with zero attached hydrogens (tertiary/aromatic N) is 1. The van der Waals surface area contributed by atoms with Gasteiger partial charge in [0.2, 0.25) is 0 Å². The molecule has 0 heterocycles. The fourth-order valence-electron chi connectivity index (χ4n) is 1.27. The summed E-state index contributed by atoms with van der Waals surface area (Å²) in [6, 6.07) is 8.53. The molecular weight excluding hydrogens is 220 g/mol. The molecule has 0 aliphatic heterocycles. The standard InChI is InChI=1S/C12H18N2OS/c1-9(2)10-3-5-11(6-4-10)16-8-7-12(13)14-15/h3-6,9,15H,7-8H2,1-2H3,(H2,13,14). The van der Waals surface area contributed by atoms with Crippen LogP contribution in [0.2, 0.25) is 0 Å². The lowest BCUT2D eigenvalue weighted by Crippen LogP contribution is -2.11. The molecule has 0 saturated carbocycles. The van der Waals surface area contributed by atoms with Gasteiger partial charge < -0.3 is 10.9 Å². The molecule has 0 aliphatic carbocycles. The number of hydrogen-bond acceptors (Lipinski definition) is 3. The van der Waals surface area contributed by atoms with E-state index in [-0.39, 0.29) is 5.84 Å². The van der Waals surface area contributed by atoms with Crippen molar-refractivity contribution in [1.82, 2.24) is 0 Å². The summed E-state index contributed by atoms with van der Waals surface area (Å²) in [4.78, 5) is 1.22. The highest BCUT2D eigenvalue weighted by Crippen LogP contribution is 2.22. The van der Waals surface area contributed by atoms with Crippen molar-refractivity contribution in [2.45, 2.75) is 31.1 Å². The fourth-order valence-corrected chi connectivity index (χ4v) is 2.15. The van der Waals surface area contributed by atoms with Crippen molar-refractivity contribution in [3.63, 3.8) is 0 Å². The van der Waals surface area contributed by atoms with E-state index in [2.05, 4.69) is 43.3 Å². The van der Waals surface area contributed by atoms with Gasteiger partial charge in [0.05, 0.1) is 0 Å². The first-order chi connectivity index (χ1) is 7.63. The highest BCUT2D eigenvalue weighted by Gasteiger charge is 2.00. The highest BCUT2D eigenvalue weighted by atomic mass is 32.2. The highest BCUT2D eigenvalue weighted by molar-refractivity contribution is 7.99. The Bertz CT molecular complexity index is 347. The summed E-state index contributed by atoms with van der Waals surface area (Å²) in [6.07, 6.45) is 0.604. The maximum atomic E-state index is 8.38. The number of nitrogens with two attached hydrogens (primary N) is 1. The minimum absolute atomic E-state index is 0.284. The smallest absolute Gasteiger partial charge is 0.139 e. The van der Waals surface area contributed by atoms with Crippen LogP contribution >= 0.6 is 11.8 Å². The normalized spacial score (nSPS) is 12.1. The summed E-state index contributed by atoms with van der Waals surface area (Å²) >= 11 is 1.71. The van der Waals surface area contributed by atoms with Gasteiger partial charge in [-0.3, -0.25) is 0 Å². The van der Waals surface area contributed by atoms with Crippen molar-refractivity contribution in [3.05, 3.63) is 29.8 Å². The fraction of sp³-hybridized carbons (Fsp3) is 0.417. The Kier molecular flexibility index (Phi) is 5.19. The number of rotatable bonds is 5. The molecule has 3 nitrogen and oxygen atoms in total. The first kappa shape index (κ1) is 12.9. The number of benzene rings is 1. The average molecular weight is 238 g/mol. The number of thioether (sulfide) groups is 1. The van der Waals surface area contributed by atoms with E-state index in [1.165, 1.54) is 10.5 Å². The van der Waals surface area contributed by atoms with E-state index in [0.717, 1.165) is 5.75 Å². The van der Waals surface area contributed by atoms with Gasteiger partial charge in [-0.05, 0) is 23.6 Å². The molecule has 1 aromatic rings. The first-order valence-corrected chi connectivity index (χ1v) is 6.31. The lowest BCUT2D eigenvalue weighted by molar-refractivity contribution is 0.317. The molecule has 88 valence electrons. The molecule has 0 aliphatic rings. The summed E-state index contributed by atoms with van der Waals surface area (Å²) in [5, 5.41) is 11.3. The van der Waals surface area contributed by atoms with Crippen LogP contribution in [0.4, 0.5) is 0 Å². The minimum Gasteiger partial charge on any atom is -0.409 e. The van der Waals surface area contributed by atoms with Crippen LogP contribution in [0.5, 0.6) is 0 Å². The van der Waals surface area contributed by atoms with Crippen molar-refractivity contribution in [2.24, 2.45) is 10.9 Å². The quantitative estimate of drug-likeness (QED) is 0.272. The van der Waals surface area contributed by atoms with Crippen LogP contribution in [0.15, 0.2) is 34.3 Å². The van der Waals surface area contributed by atoms with Gasteiger partial charge in [-0.1, -0.05) is 31.1 Å². The predicted molar refractivity (Wildman–Crippen MR) is 69.3 cm³/mol. The van der Waals surface area contributed by atoms with Gasteiger partial charge in [0.1, 0.15) is 5.84 Å². The van der Waals surface area contributed by atoms with Crippen LogP contribution in [0.25, 0.3) is 0 Å². The molecule has 0 bridgehead atoms. The molecule has 0 unspecified atom stereocenters. The van der Waals surface area contributed by atoms with E-state index >= 15 is 0 Å². The topological polar surface area (TPSA) is 58.6 Å². The Balaban J connectivity index is 2.43. The minimum atomic E-state index is 0.284. The number of oxime groups is 1. The van der Waals surface area contributed by atoms with Gasteiger partial charge in [-0.2, -0.15) is 0 Å². The van der Waals surface area contributed by atoms with Gasteiger partial charge in [-0.15, -0.1) is 11.8 Å². The molecular formula is C12H18N2OS. The van der Waals surface area contributed by atoms with Crippen molar-refractivity contribution in [3.8, 4) is 0 Å². The van der Waals surface area contributed by atoms with Crippen LogP contribution in [0.3, 0.4) is 0 Å². The van der Waals surface area contributed by atoms with Crippen LogP contribution in [0, 0.1) is 0 Å². The van der Waals surface area contributed by atoms with E-state index in [9.17, 15) is 0 Å². The predicted octanol–water partition coefficient (Wildman–Crippen LogP) is 3.04. The third-order valence-electron chi connectivity index (χ3n) is 2.30. The largest absolute Gasteiger partial charge is 0.409 e. The molecule has 0 aromatic heterocycles. The first-order valence-electron chi connectivity index (χ1n) is 5.32. The lowest BCUT2D eigenvalue weighted by Gasteiger charge is -2.06. The number of hydrogen-bond donors (Lipinski definition) is 2. The maximum absolute atomic E-state index is 8.38. The Morgan fingerprint density at radius 3 is 2.50 bits per heavy atom. The molecule has 0 amide bonds. The van der Waals surface area contributed by atoms with Crippen molar-refractivity contribution in [2.75, 3.05) is 5.75 Å². The molecule has 0 fully saturated rings. The van der Waals surface area contributed by atoms with Gasteiger partial charge in [0, 0.05) is 17.1 Å². The molecule has 16 heavy (non-hydrogen) atoms. The van der Waals surface area contributed by atoms with Gasteiger partial charge >= 0.3 is 0 Å². The second kappa shape index (κ2) is 6.43. The summed E-state index contributed by atoms with van der Waals surface area (Å²) in [6.45, 7) is 4.36. The molecule has 1 rings (SSSR count). The van der Waals surface area contributed by atoms with Crippen LogP contribution in [0.1, 0.15) is 31.7 Å². The Hall–Kier alpha value is -1.16. The second-order valence-electron chi connectivity index (χ2n) is 3.91. The lowest BCUT2D eigenvalue weighted by atomic mass is 10.0. The Labute approximate surface area is 101 Å². The summed E-state index contributed by atoms with van der Waals surface area (Å²) < 4.78 is 0. The van der Waals surface area contributed by atoms with Crippen LogP contribution < -0.4 is 5.73 Å². The zero-order valence-corrected chi connectivity index (χ0v) is 10.5. The third kappa shape index (κ3) is 4.14. The summed E-state index contributed by atoms with van der Waals surface area (Å²) in [5.74, 6) is 1.68. The maximum Gasteiger partial charge on any atom is 0.139 e. The summed E-state index contributed by atoms with van der Waals surface area (Å²) in [5.41, 5.74) is 6.74. The van der Waals surface area contributed by atoms with E-state index in [4.69, 9.17) is 10.9 Å². The summed E-state index contributed by atoms with van der Waals surface area (Å²) in [7, 11) is 0. The Morgan fingerprint density at radius 2 is 2.00 bits per heavy atom. The molecule has 0 atom stereocenters. The molecule has 1 aromatic carbocycles. The Morgan fingerprint density at radius 1 is 1.38 bits per heavy atom. The third-order valence-corrected chi connectivity index (χ3v) is 3.32. The van der Waals surface area contributed by atoms with E-state index in [1.54, 1.807) is 11.8 Å². The van der Waals surface area contributed by atoms with E-state index in [1.807, 2.05) is 0 Å². The molecule has 0 radical (unpaired) electrons. The van der Waals surface area contributed by atoms with Crippen LogP contribution in [-0.2, 0) is 0 Å². The molecule has 0 spiro atoms. The number of amidine groups is 1. The van der Waals surface area contributed by atoms with E-state index < -0.39 is 0 Å². The van der Waals surface area contributed by atoms with Gasteiger partial charge in [0.25, 0.3) is 0 Å². The molecule has 4 heteroatoms. The van der Waals surface area contributed by atoms with E-state index in [0.29, 0.717) is 12.3 Å². The zero-order chi connectivity index (χ0) is 12.0. The SMILES string of the molecule is CC(C)c1ccc(SCC/C(N)=N/O)cc1. The van der Waals surface area contributed by atoms with Gasteiger partial charge in [0.15, 0.2) is 0 Å². The average Bonchev–Trinajstić information content (AvgIpc) is 2.29. The molecule has 0 saturated heterocycles. The van der Waals surface area contributed by atoms with Crippen molar-refractivity contribution < 1.29 is 5.21 Å². The van der Waals surface area contributed by atoms with Gasteiger partial charge in [-0.25, -0.2) is 0 Å². The molecule has 3 N–H and O–H groups in total. The monoisotopic (exact) mass is 238 g/mol. The van der Waals surface area contributed by atoms with Crippen molar-refractivity contribution in [1.29, 1.82) is 0 Å². The van der Waals surface area contributed by atoms with Crippen LogP contribution in [-0.4, -0.2) is 16.8 Å². The van der Waals surface area contributed by atoms with Crippen molar-refractivity contribution >= 4 is 17.6 Å².